The summed E-state index contributed by atoms with van der Waals surface area (Å²) in [4.78, 5) is 27.7. The molecule has 2 aliphatic carbocycles. The van der Waals surface area contributed by atoms with Crippen LogP contribution in [0.2, 0.25) is 0 Å². The highest BCUT2D eigenvalue weighted by Crippen LogP contribution is 2.49. The molecule has 29 heavy (non-hydrogen) atoms. The van der Waals surface area contributed by atoms with Gasteiger partial charge in [-0.25, -0.2) is 0 Å². The van der Waals surface area contributed by atoms with E-state index in [9.17, 15) is 9.59 Å². The molecule has 1 heterocycles. The number of ether oxygens (including phenoxy) is 1. The van der Waals surface area contributed by atoms with Crippen molar-refractivity contribution in [3.8, 4) is 5.75 Å². The zero-order valence-electron chi connectivity index (χ0n) is 16.7. The van der Waals surface area contributed by atoms with Crippen molar-refractivity contribution in [1.29, 1.82) is 0 Å². The number of nitrogens with one attached hydrogen (secondary N) is 1. The van der Waals surface area contributed by atoms with E-state index in [2.05, 4.69) is 29.6 Å². The van der Waals surface area contributed by atoms with Crippen molar-refractivity contribution in [3.05, 3.63) is 65.2 Å². The molecule has 3 aliphatic rings. The van der Waals surface area contributed by atoms with E-state index < -0.39 is 5.41 Å². The van der Waals surface area contributed by atoms with Gasteiger partial charge in [-0.15, -0.1) is 0 Å². The number of hydrogen-bond acceptors (Lipinski definition) is 3. The van der Waals surface area contributed by atoms with Gasteiger partial charge in [0.25, 0.3) is 0 Å². The minimum absolute atomic E-state index is 0.0528. The first-order valence-electron chi connectivity index (χ1n) is 10.4. The molecular weight excluding hydrogens is 364 g/mol. The van der Waals surface area contributed by atoms with E-state index in [0.29, 0.717) is 13.0 Å². The van der Waals surface area contributed by atoms with Crippen molar-refractivity contribution in [2.75, 3.05) is 13.7 Å². The van der Waals surface area contributed by atoms with Crippen molar-refractivity contribution in [1.82, 2.24) is 10.2 Å². The summed E-state index contributed by atoms with van der Waals surface area (Å²) in [5.74, 6) is 0.999. The molecule has 5 nitrogen and oxygen atoms in total. The van der Waals surface area contributed by atoms with E-state index >= 15 is 0 Å². The molecule has 1 aliphatic heterocycles. The Balaban J connectivity index is 1.24. The fraction of sp³-hybridized carbons (Fsp3) is 0.417. The van der Waals surface area contributed by atoms with Crippen LogP contribution in [0.15, 0.2) is 48.5 Å². The SMILES string of the molecule is COc1ccc(C2(C(=O)NC3CC(=O)N(C4Cc5ccccc5C4)C3)CC2)cc1. The maximum Gasteiger partial charge on any atom is 0.230 e. The average Bonchev–Trinajstić information content (AvgIpc) is 3.31. The van der Waals surface area contributed by atoms with E-state index in [1.165, 1.54) is 11.1 Å². The van der Waals surface area contributed by atoms with E-state index in [1.54, 1.807) is 7.11 Å². The molecule has 1 saturated carbocycles. The Labute approximate surface area is 171 Å². The van der Waals surface area contributed by atoms with Gasteiger partial charge in [-0.05, 0) is 54.5 Å². The second kappa shape index (κ2) is 6.90. The normalized spacial score (nSPS) is 22.4. The molecule has 1 saturated heterocycles. The standard InChI is InChI=1S/C24H26N2O3/c1-29-21-8-6-18(7-9-21)24(10-11-24)23(28)25-19-14-22(27)26(15-19)20-12-16-4-2-3-5-17(16)13-20/h2-9,19-20H,10-15H2,1H3,(H,25,28). The van der Waals surface area contributed by atoms with Gasteiger partial charge >= 0.3 is 0 Å². The summed E-state index contributed by atoms with van der Waals surface area (Å²) in [6, 6.07) is 16.3. The minimum atomic E-state index is -0.438. The van der Waals surface area contributed by atoms with Crippen molar-refractivity contribution in [3.63, 3.8) is 0 Å². The van der Waals surface area contributed by atoms with Gasteiger partial charge in [0.05, 0.1) is 18.6 Å². The van der Waals surface area contributed by atoms with Gasteiger partial charge in [0.15, 0.2) is 0 Å². The van der Waals surface area contributed by atoms with Crippen LogP contribution >= 0.6 is 0 Å². The highest BCUT2D eigenvalue weighted by Gasteiger charge is 2.52. The van der Waals surface area contributed by atoms with Crippen molar-refractivity contribution >= 4 is 11.8 Å². The van der Waals surface area contributed by atoms with Crippen molar-refractivity contribution in [2.45, 2.75) is 49.6 Å². The first-order valence-corrected chi connectivity index (χ1v) is 10.4. The lowest BCUT2D eigenvalue weighted by atomic mass is 9.94. The Morgan fingerprint density at radius 3 is 2.28 bits per heavy atom. The number of hydrogen-bond donors (Lipinski definition) is 1. The van der Waals surface area contributed by atoms with Gasteiger partial charge in [0.1, 0.15) is 5.75 Å². The summed E-state index contributed by atoms with van der Waals surface area (Å²) in [7, 11) is 1.64. The number of carbonyl (C=O) groups excluding carboxylic acids is 2. The molecule has 5 heteroatoms. The van der Waals surface area contributed by atoms with Crippen LogP contribution in [0.25, 0.3) is 0 Å². The quantitative estimate of drug-likeness (QED) is 0.854. The number of benzene rings is 2. The molecule has 150 valence electrons. The van der Waals surface area contributed by atoms with Gasteiger partial charge in [-0.3, -0.25) is 9.59 Å². The second-order valence-electron chi connectivity index (χ2n) is 8.56. The molecule has 5 rings (SSSR count). The number of amides is 2. The summed E-state index contributed by atoms with van der Waals surface area (Å²) in [5.41, 5.74) is 3.28. The summed E-state index contributed by atoms with van der Waals surface area (Å²) in [6.45, 7) is 0.613. The molecule has 0 bridgehead atoms. The zero-order chi connectivity index (χ0) is 20.0. The maximum absolute atomic E-state index is 13.1. The van der Waals surface area contributed by atoms with Crippen molar-refractivity contribution in [2.24, 2.45) is 0 Å². The molecular formula is C24H26N2O3. The third-order valence-electron chi connectivity index (χ3n) is 6.79. The number of fused-ring (bicyclic) bond motifs is 1. The third kappa shape index (κ3) is 3.18. The molecule has 2 aromatic carbocycles. The molecule has 2 fully saturated rings. The molecule has 1 N–H and O–H groups in total. The highest BCUT2D eigenvalue weighted by atomic mass is 16.5. The third-order valence-corrected chi connectivity index (χ3v) is 6.79. The molecule has 1 atom stereocenters. The first-order chi connectivity index (χ1) is 14.1. The second-order valence-corrected chi connectivity index (χ2v) is 8.56. The predicted molar refractivity (Wildman–Crippen MR) is 110 cm³/mol. The summed E-state index contributed by atoms with van der Waals surface area (Å²) >= 11 is 0. The fourth-order valence-electron chi connectivity index (χ4n) is 4.94. The van der Waals surface area contributed by atoms with Crippen LogP contribution < -0.4 is 10.1 Å². The average molecular weight is 390 g/mol. The van der Waals surface area contributed by atoms with Crippen LogP contribution in [0, 0.1) is 0 Å². The van der Waals surface area contributed by atoms with E-state index in [-0.39, 0.29) is 23.9 Å². The largest absolute Gasteiger partial charge is 0.497 e. The van der Waals surface area contributed by atoms with Crippen LogP contribution in [-0.2, 0) is 27.8 Å². The number of likely N-dealkylation sites (tertiary alicyclic amines) is 1. The Bertz CT molecular complexity index is 924. The molecule has 0 radical (unpaired) electrons. The summed E-state index contributed by atoms with van der Waals surface area (Å²) in [5, 5.41) is 3.18. The monoisotopic (exact) mass is 390 g/mol. The Hall–Kier alpha value is -2.82. The van der Waals surface area contributed by atoms with E-state index in [1.807, 2.05) is 29.2 Å². The van der Waals surface area contributed by atoms with Gasteiger partial charge < -0.3 is 15.0 Å². The van der Waals surface area contributed by atoms with Gasteiger partial charge in [-0.1, -0.05) is 36.4 Å². The smallest absolute Gasteiger partial charge is 0.230 e. The Morgan fingerprint density at radius 2 is 1.69 bits per heavy atom. The topological polar surface area (TPSA) is 58.6 Å². The highest BCUT2D eigenvalue weighted by molar-refractivity contribution is 5.92. The Kier molecular flexibility index (Phi) is 4.34. The summed E-state index contributed by atoms with van der Waals surface area (Å²) < 4.78 is 5.22. The maximum atomic E-state index is 13.1. The van der Waals surface area contributed by atoms with Crippen LogP contribution in [0.1, 0.15) is 36.0 Å². The molecule has 0 aromatic heterocycles. The van der Waals surface area contributed by atoms with Gasteiger partial charge in [0, 0.05) is 19.0 Å². The molecule has 2 aromatic rings. The first kappa shape index (κ1) is 18.2. The lowest BCUT2D eigenvalue weighted by Crippen LogP contribution is -2.44. The lowest BCUT2D eigenvalue weighted by molar-refractivity contribution is -0.129. The minimum Gasteiger partial charge on any atom is -0.497 e. The van der Waals surface area contributed by atoms with Gasteiger partial charge in [-0.2, -0.15) is 0 Å². The number of nitrogens with zero attached hydrogens (tertiary/aromatic N) is 1. The molecule has 2 amide bonds. The fourth-order valence-corrected chi connectivity index (χ4v) is 4.94. The van der Waals surface area contributed by atoms with Crippen LogP contribution in [0.4, 0.5) is 0 Å². The van der Waals surface area contributed by atoms with Crippen LogP contribution in [0.5, 0.6) is 5.75 Å². The predicted octanol–water partition coefficient (Wildman–Crippen LogP) is 2.61. The molecule has 1 unspecified atom stereocenters. The number of rotatable bonds is 5. The zero-order valence-corrected chi connectivity index (χ0v) is 16.7. The van der Waals surface area contributed by atoms with Gasteiger partial charge in [0.2, 0.25) is 11.8 Å². The van der Waals surface area contributed by atoms with E-state index in [4.69, 9.17) is 4.74 Å². The van der Waals surface area contributed by atoms with Crippen LogP contribution in [-0.4, -0.2) is 42.5 Å². The number of methoxy groups -OCH3 is 1. The number of carbonyl (C=O) groups is 2. The molecule has 0 spiro atoms. The summed E-state index contributed by atoms with van der Waals surface area (Å²) in [6.07, 6.45) is 3.94. The van der Waals surface area contributed by atoms with E-state index in [0.717, 1.165) is 37.0 Å². The Morgan fingerprint density at radius 1 is 1.03 bits per heavy atom. The van der Waals surface area contributed by atoms with Crippen LogP contribution in [0.3, 0.4) is 0 Å². The lowest BCUT2D eigenvalue weighted by Gasteiger charge is -2.25. The van der Waals surface area contributed by atoms with Crippen molar-refractivity contribution < 1.29 is 14.3 Å².